The molecule has 1 N–H and O–H groups in total. The van der Waals surface area contributed by atoms with E-state index < -0.39 is 0 Å². The van der Waals surface area contributed by atoms with Gasteiger partial charge in [0.1, 0.15) is 18.2 Å². The number of nitrogens with zero attached hydrogens (tertiary/aromatic N) is 1. The average molecular weight is 395 g/mol. The Balaban J connectivity index is 1.69. The summed E-state index contributed by atoms with van der Waals surface area (Å²) in [5.41, 5.74) is 1.70. The third-order valence-electron chi connectivity index (χ3n) is 5.36. The molecule has 3 aromatic rings. The van der Waals surface area contributed by atoms with Gasteiger partial charge in [-0.15, -0.1) is 0 Å². The molecule has 0 saturated carbocycles. The van der Waals surface area contributed by atoms with Gasteiger partial charge in [-0.2, -0.15) is 0 Å². The van der Waals surface area contributed by atoms with E-state index in [-0.39, 0.29) is 12.4 Å². The van der Waals surface area contributed by atoms with Crippen LogP contribution in [0, 0.1) is 5.82 Å². The SMILES string of the molecule is CCN(CC)CCCNCc1c(OCc2ccccc2F)ccc2ccccc12. The number of hydrogen-bond acceptors (Lipinski definition) is 3. The predicted octanol–water partition coefficient (Wildman–Crippen LogP) is 5.38. The van der Waals surface area contributed by atoms with Crippen molar-refractivity contribution < 1.29 is 9.13 Å². The van der Waals surface area contributed by atoms with Gasteiger partial charge in [-0.25, -0.2) is 4.39 Å². The summed E-state index contributed by atoms with van der Waals surface area (Å²) in [5, 5.41) is 5.93. The molecule has 0 aliphatic heterocycles. The Labute approximate surface area is 173 Å². The molecule has 0 unspecified atom stereocenters. The van der Waals surface area contributed by atoms with Crippen LogP contribution < -0.4 is 10.1 Å². The molecule has 0 aliphatic carbocycles. The quantitative estimate of drug-likeness (QED) is 0.442. The summed E-state index contributed by atoms with van der Waals surface area (Å²) in [7, 11) is 0. The summed E-state index contributed by atoms with van der Waals surface area (Å²) in [6.45, 7) is 9.59. The molecule has 0 fully saturated rings. The highest BCUT2D eigenvalue weighted by molar-refractivity contribution is 5.87. The zero-order valence-electron chi connectivity index (χ0n) is 17.5. The fourth-order valence-electron chi connectivity index (χ4n) is 3.59. The van der Waals surface area contributed by atoms with Gasteiger partial charge in [0.2, 0.25) is 0 Å². The van der Waals surface area contributed by atoms with Crippen molar-refractivity contribution in [2.45, 2.75) is 33.4 Å². The van der Waals surface area contributed by atoms with Crippen molar-refractivity contribution in [3.63, 3.8) is 0 Å². The van der Waals surface area contributed by atoms with E-state index in [1.54, 1.807) is 12.1 Å². The molecule has 0 spiro atoms. The van der Waals surface area contributed by atoms with Gasteiger partial charge < -0.3 is 15.0 Å². The van der Waals surface area contributed by atoms with E-state index in [1.807, 2.05) is 24.3 Å². The van der Waals surface area contributed by atoms with Gasteiger partial charge >= 0.3 is 0 Å². The van der Waals surface area contributed by atoms with Crippen molar-refractivity contribution in [2.24, 2.45) is 0 Å². The second-order valence-electron chi connectivity index (χ2n) is 7.20. The van der Waals surface area contributed by atoms with E-state index in [0.717, 1.165) is 50.5 Å². The van der Waals surface area contributed by atoms with Crippen molar-refractivity contribution in [3.05, 3.63) is 77.6 Å². The summed E-state index contributed by atoms with van der Waals surface area (Å²) in [4.78, 5) is 2.43. The molecule has 3 rings (SSSR count). The van der Waals surface area contributed by atoms with Crippen LogP contribution in [0.1, 0.15) is 31.4 Å². The lowest BCUT2D eigenvalue weighted by Gasteiger charge is -2.18. The molecule has 0 heterocycles. The number of benzene rings is 3. The highest BCUT2D eigenvalue weighted by Gasteiger charge is 2.10. The summed E-state index contributed by atoms with van der Waals surface area (Å²) in [6.07, 6.45) is 1.11. The van der Waals surface area contributed by atoms with Gasteiger partial charge in [0.25, 0.3) is 0 Å². The van der Waals surface area contributed by atoms with Crippen LogP contribution in [0.2, 0.25) is 0 Å². The maximum absolute atomic E-state index is 14.0. The first-order chi connectivity index (χ1) is 14.2. The zero-order chi connectivity index (χ0) is 20.5. The second kappa shape index (κ2) is 10.9. The molecule has 0 atom stereocenters. The smallest absolute Gasteiger partial charge is 0.129 e. The summed E-state index contributed by atoms with van der Waals surface area (Å²) in [5.74, 6) is 0.576. The van der Waals surface area contributed by atoms with E-state index in [4.69, 9.17) is 4.74 Å². The fraction of sp³-hybridized carbons (Fsp3) is 0.360. The van der Waals surface area contributed by atoms with E-state index in [1.165, 1.54) is 16.8 Å². The molecule has 0 amide bonds. The van der Waals surface area contributed by atoms with Crippen LogP contribution in [0.15, 0.2) is 60.7 Å². The molecule has 3 nitrogen and oxygen atoms in total. The summed E-state index contributed by atoms with van der Waals surface area (Å²) < 4.78 is 20.0. The Bertz CT molecular complexity index is 908. The lowest BCUT2D eigenvalue weighted by molar-refractivity contribution is 0.293. The summed E-state index contributed by atoms with van der Waals surface area (Å²) >= 11 is 0. The molecule has 0 aromatic heterocycles. The van der Waals surface area contributed by atoms with E-state index >= 15 is 0 Å². The molecular weight excluding hydrogens is 363 g/mol. The minimum Gasteiger partial charge on any atom is -0.488 e. The first-order valence-electron chi connectivity index (χ1n) is 10.5. The third kappa shape index (κ3) is 5.78. The van der Waals surface area contributed by atoms with Crippen molar-refractivity contribution in [2.75, 3.05) is 26.2 Å². The lowest BCUT2D eigenvalue weighted by atomic mass is 10.0. The molecule has 4 heteroatoms. The number of nitrogens with one attached hydrogen (secondary N) is 1. The van der Waals surface area contributed by atoms with Gasteiger partial charge in [-0.05, 0) is 55.5 Å². The van der Waals surface area contributed by atoms with Crippen LogP contribution in [0.25, 0.3) is 10.8 Å². The van der Waals surface area contributed by atoms with Crippen molar-refractivity contribution >= 4 is 10.8 Å². The van der Waals surface area contributed by atoms with Gasteiger partial charge in [-0.1, -0.05) is 62.4 Å². The van der Waals surface area contributed by atoms with E-state index in [0.29, 0.717) is 5.56 Å². The zero-order valence-corrected chi connectivity index (χ0v) is 17.5. The van der Waals surface area contributed by atoms with Crippen LogP contribution >= 0.6 is 0 Å². The molecule has 29 heavy (non-hydrogen) atoms. The van der Waals surface area contributed by atoms with Crippen molar-refractivity contribution in [3.8, 4) is 5.75 Å². The molecule has 0 saturated heterocycles. The van der Waals surface area contributed by atoms with Gasteiger partial charge in [0, 0.05) is 17.7 Å². The number of rotatable bonds is 11. The molecular formula is C25H31FN2O. The molecule has 0 radical (unpaired) electrons. The monoisotopic (exact) mass is 394 g/mol. The maximum atomic E-state index is 14.0. The minimum atomic E-state index is -0.232. The van der Waals surface area contributed by atoms with Crippen molar-refractivity contribution in [1.82, 2.24) is 10.2 Å². The average Bonchev–Trinajstić information content (AvgIpc) is 2.76. The normalized spacial score (nSPS) is 11.3. The Morgan fingerprint density at radius 1 is 0.931 bits per heavy atom. The number of hydrogen-bond donors (Lipinski definition) is 1. The molecule has 154 valence electrons. The van der Waals surface area contributed by atoms with E-state index in [2.05, 4.69) is 42.3 Å². The highest BCUT2D eigenvalue weighted by Crippen LogP contribution is 2.29. The van der Waals surface area contributed by atoms with Gasteiger partial charge in [0.15, 0.2) is 0 Å². The van der Waals surface area contributed by atoms with Crippen LogP contribution in [0.4, 0.5) is 4.39 Å². The largest absolute Gasteiger partial charge is 0.488 e. The fourth-order valence-corrected chi connectivity index (χ4v) is 3.59. The summed E-state index contributed by atoms with van der Waals surface area (Å²) in [6, 6.07) is 19.2. The first-order valence-corrected chi connectivity index (χ1v) is 10.5. The predicted molar refractivity (Wildman–Crippen MR) is 119 cm³/mol. The van der Waals surface area contributed by atoms with Crippen LogP contribution in [0.5, 0.6) is 5.75 Å². The Hall–Kier alpha value is -2.43. The topological polar surface area (TPSA) is 24.5 Å². The van der Waals surface area contributed by atoms with Crippen LogP contribution in [-0.4, -0.2) is 31.1 Å². The standard InChI is InChI=1S/C25H31FN2O/c1-3-28(4-2)17-9-16-27-18-23-22-12-7-5-10-20(22)14-15-25(23)29-19-21-11-6-8-13-24(21)26/h5-8,10-15,27H,3-4,9,16-19H2,1-2H3. The van der Waals surface area contributed by atoms with Gasteiger partial charge in [-0.3, -0.25) is 0 Å². The third-order valence-corrected chi connectivity index (χ3v) is 5.36. The Morgan fingerprint density at radius 2 is 1.69 bits per heavy atom. The molecule has 0 bridgehead atoms. The van der Waals surface area contributed by atoms with Crippen molar-refractivity contribution in [1.29, 1.82) is 0 Å². The number of ether oxygens (including phenoxy) is 1. The van der Waals surface area contributed by atoms with E-state index in [9.17, 15) is 4.39 Å². The lowest BCUT2D eigenvalue weighted by Crippen LogP contribution is -2.27. The first kappa shape index (κ1) is 21.3. The van der Waals surface area contributed by atoms with Gasteiger partial charge in [0.05, 0.1) is 0 Å². The van der Waals surface area contributed by atoms with Crippen LogP contribution in [0.3, 0.4) is 0 Å². The second-order valence-corrected chi connectivity index (χ2v) is 7.20. The Morgan fingerprint density at radius 3 is 2.48 bits per heavy atom. The van der Waals surface area contributed by atoms with Crippen LogP contribution in [-0.2, 0) is 13.2 Å². The maximum Gasteiger partial charge on any atom is 0.129 e. The number of fused-ring (bicyclic) bond motifs is 1. The highest BCUT2D eigenvalue weighted by atomic mass is 19.1. The molecule has 3 aromatic carbocycles. The number of halogens is 1. The Kier molecular flexibility index (Phi) is 8.03. The minimum absolute atomic E-state index is 0.222. The molecule has 0 aliphatic rings.